The largest absolute Gasteiger partial charge is 0.420 e. The van der Waals surface area contributed by atoms with E-state index in [1.165, 1.54) is 18.5 Å². The first-order chi connectivity index (χ1) is 12.2. The molecule has 0 bridgehead atoms. The number of aromatic nitrogens is 2. The summed E-state index contributed by atoms with van der Waals surface area (Å²) in [5.41, 5.74) is 10.6. The van der Waals surface area contributed by atoms with Crippen LogP contribution in [0.4, 0.5) is 5.69 Å². The van der Waals surface area contributed by atoms with Gasteiger partial charge in [0.2, 0.25) is 11.8 Å². The van der Waals surface area contributed by atoms with Gasteiger partial charge < -0.3 is 15.4 Å². The van der Waals surface area contributed by atoms with Crippen molar-refractivity contribution in [3.8, 4) is 11.9 Å². The molecule has 25 heavy (non-hydrogen) atoms. The quantitative estimate of drug-likeness (QED) is 0.900. The van der Waals surface area contributed by atoms with Crippen LogP contribution in [0.5, 0.6) is 5.88 Å². The number of anilines is 1. The van der Waals surface area contributed by atoms with Crippen molar-refractivity contribution in [1.29, 1.82) is 5.26 Å². The Morgan fingerprint density at radius 2 is 2.04 bits per heavy atom. The number of aromatic amines is 1. The molecule has 2 aliphatic rings. The van der Waals surface area contributed by atoms with Gasteiger partial charge in [0, 0.05) is 30.0 Å². The zero-order valence-corrected chi connectivity index (χ0v) is 14.2. The number of H-pyrrole nitrogens is 1. The first-order valence-electron chi connectivity index (χ1n) is 8.72. The highest BCUT2D eigenvalue weighted by Gasteiger charge is 2.34. The van der Waals surface area contributed by atoms with Gasteiger partial charge in [0.25, 0.3) is 0 Å². The van der Waals surface area contributed by atoms with Gasteiger partial charge in [-0.1, -0.05) is 19.1 Å². The molecule has 6 nitrogen and oxygen atoms in total. The second-order valence-corrected chi connectivity index (χ2v) is 6.49. The minimum Gasteiger partial charge on any atom is -0.420 e. The van der Waals surface area contributed by atoms with Crippen molar-refractivity contribution in [3.63, 3.8) is 0 Å². The van der Waals surface area contributed by atoms with Crippen LogP contribution in [0.1, 0.15) is 42.5 Å². The summed E-state index contributed by atoms with van der Waals surface area (Å²) >= 11 is 0. The lowest BCUT2D eigenvalue weighted by Crippen LogP contribution is -2.21. The number of nitrogens with one attached hydrogen (secondary N) is 1. The first-order valence-corrected chi connectivity index (χ1v) is 8.72. The Labute approximate surface area is 146 Å². The van der Waals surface area contributed by atoms with E-state index in [4.69, 9.17) is 10.5 Å². The second-order valence-electron chi connectivity index (χ2n) is 6.49. The molecule has 1 aromatic carbocycles. The number of nitriles is 1. The van der Waals surface area contributed by atoms with Gasteiger partial charge in [0.05, 0.1) is 5.92 Å². The SMILES string of the molecule is CCc1[nH]nc2c1[C@H](c1ccc(N3CCCC3)cc1)C(C#N)=C(N)O2. The molecule has 0 spiro atoms. The van der Waals surface area contributed by atoms with Crippen LogP contribution in [0.3, 0.4) is 0 Å². The van der Waals surface area contributed by atoms with E-state index in [0.29, 0.717) is 11.5 Å². The van der Waals surface area contributed by atoms with Crippen LogP contribution in [0.25, 0.3) is 0 Å². The molecule has 0 aliphatic carbocycles. The van der Waals surface area contributed by atoms with Crippen LogP contribution in [0.2, 0.25) is 0 Å². The smallest absolute Gasteiger partial charge is 0.244 e. The lowest BCUT2D eigenvalue weighted by molar-refractivity contribution is 0.378. The summed E-state index contributed by atoms with van der Waals surface area (Å²) in [4.78, 5) is 2.39. The maximum Gasteiger partial charge on any atom is 0.244 e. The van der Waals surface area contributed by atoms with Crippen molar-refractivity contribution in [2.75, 3.05) is 18.0 Å². The second kappa shape index (κ2) is 6.17. The van der Waals surface area contributed by atoms with Crippen molar-refractivity contribution >= 4 is 5.69 Å². The van der Waals surface area contributed by atoms with Crippen LogP contribution in [-0.2, 0) is 6.42 Å². The van der Waals surface area contributed by atoms with Crippen molar-refractivity contribution in [3.05, 3.63) is 52.5 Å². The van der Waals surface area contributed by atoms with Crippen LogP contribution in [-0.4, -0.2) is 23.3 Å². The van der Waals surface area contributed by atoms with Crippen LogP contribution in [0, 0.1) is 11.3 Å². The third-order valence-electron chi connectivity index (χ3n) is 5.07. The Bertz CT molecular complexity index is 853. The van der Waals surface area contributed by atoms with E-state index >= 15 is 0 Å². The number of allylic oxidation sites excluding steroid dienone is 1. The average molecular weight is 335 g/mol. The first kappa shape index (κ1) is 15.6. The number of rotatable bonds is 3. The number of ether oxygens (including phenoxy) is 1. The zero-order valence-electron chi connectivity index (χ0n) is 14.2. The highest BCUT2D eigenvalue weighted by molar-refractivity contribution is 5.57. The fourth-order valence-corrected chi connectivity index (χ4v) is 3.76. The van der Waals surface area contributed by atoms with Gasteiger partial charge in [-0.25, -0.2) is 0 Å². The monoisotopic (exact) mass is 335 g/mol. The van der Waals surface area contributed by atoms with Gasteiger partial charge in [0.1, 0.15) is 11.6 Å². The fourth-order valence-electron chi connectivity index (χ4n) is 3.76. The highest BCUT2D eigenvalue weighted by Crippen LogP contribution is 2.43. The third-order valence-corrected chi connectivity index (χ3v) is 5.07. The molecule has 1 saturated heterocycles. The summed E-state index contributed by atoms with van der Waals surface area (Å²) in [6, 6.07) is 10.7. The number of hydrogen-bond donors (Lipinski definition) is 2. The Morgan fingerprint density at radius 3 is 2.68 bits per heavy atom. The van der Waals surface area contributed by atoms with Gasteiger partial charge >= 0.3 is 0 Å². The van der Waals surface area contributed by atoms with E-state index in [-0.39, 0.29) is 11.8 Å². The molecular weight excluding hydrogens is 314 g/mol. The molecule has 1 fully saturated rings. The van der Waals surface area contributed by atoms with Crippen LogP contribution >= 0.6 is 0 Å². The summed E-state index contributed by atoms with van der Waals surface area (Å²) < 4.78 is 5.56. The van der Waals surface area contributed by atoms with Crippen LogP contribution in [0.15, 0.2) is 35.7 Å². The predicted molar refractivity (Wildman–Crippen MR) is 95.2 cm³/mol. The molecule has 0 amide bonds. The summed E-state index contributed by atoms with van der Waals surface area (Å²) in [6.07, 6.45) is 3.28. The zero-order chi connectivity index (χ0) is 17.4. The number of hydrogen-bond acceptors (Lipinski definition) is 5. The van der Waals surface area contributed by atoms with Gasteiger partial charge in [-0.05, 0) is 37.0 Å². The van der Waals surface area contributed by atoms with E-state index in [9.17, 15) is 5.26 Å². The molecule has 3 heterocycles. The standard InChI is InChI=1S/C19H21N5O/c1-2-15-17-16(14(11-20)18(21)25-19(17)23-22-15)12-5-7-13(8-6-12)24-9-3-4-10-24/h5-8,16H,2-4,9-10,21H2,1H3,(H,22,23)/t16-/m1/s1. The molecule has 0 saturated carbocycles. The summed E-state index contributed by atoms with van der Waals surface area (Å²) in [7, 11) is 0. The average Bonchev–Trinajstić information content (AvgIpc) is 3.30. The fraction of sp³-hybridized carbons (Fsp3) is 0.368. The topological polar surface area (TPSA) is 91.0 Å². The Hall–Kier alpha value is -2.94. The number of benzene rings is 1. The minimum atomic E-state index is -0.241. The maximum absolute atomic E-state index is 9.64. The molecule has 2 aromatic rings. The molecule has 0 radical (unpaired) electrons. The summed E-state index contributed by atoms with van der Waals surface area (Å²) in [6.45, 7) is 4.27. The normalized spacial score (nSPS) is 19.5. The van der Waals surface area contributed by atoms with Gasteiger partial charge in [0.15, 0.2) is 0 Å². The van der Waals surface area contributed by atoms with Gasteiger partial charge in [-0.2, -0.15) is 5.26 Å². The molecule has 128 valence electrons. The van der Waals surface area contributed by atoms with Crippen molar-refractivity contribution in [2.24, 2.45) is 5.73 Å². The van der Waals surface area contributed by atoms with Gasteiger partial charge in [-0.3, -0.25) is 5.10 Å². The summed E-state index contributed by atoms with van der Waals surface area (Å²) in [5, 5.41) is 16.9. The van der Waals surface area contributed by atoms with Crippen LogP contribution < -0.4 is 15.4 Å². The Morgan fingerprint density at radius 1 is 1.32 bits per heavy atom. The Kier molecular flexibility index (Phi) is 3.85. The van der Waals surface area contributed by atoms with Crippen molar-refractivity contribution in [2.45, 2.75) is 32.1 Å². The Balaban J connectivity index is 1.77. The van der Waals surface area contributed by atoms with E-state index in [0.717, 1.165) is 36.3 Å². The van der Waals surface area contributed by atoms with E-state index in [1.807, 2.05) is 0 Å². The lowest BCUT2D eigenvalue weighted by atomic mass is 9.83. The molecule has 6 heteroatoms. The van der Waals surface area contributed by atoms with E-state index < -0.39 is 0 Å². The molecule has 3 N–H and O–H groups in total. The molecule has 1 aromatic heterocycles. The molecule has 1 atom stereocenters. The highest BCUT2D eigenvalue weighted by atomic mass is 16.5. The predicted octanol–water partition coefficient (Wildman–Crippen LogP) is 2.79. The lowest BCUT2D eigenvalue weighted by Gasteiger charge is -2.25. The number of nitrogens with two attached hydrogens (primary N) is 1. The third kappa shape index (κ3) is 2.52. The van der Waals surface area contributed by atoms with Gasteiger partial charge in [-0.15, -0.1) is 5.10 Å². The van der Waals surface area contributed by atoms with Crippen molar-refractivity contribution < 1.29 is 4.74 Å². The number of nitrogens with zero attached hydrogens (tertiary/aromatic N) is 3. The molecular formula is C19H21N5O. The summed E-state index contributed by atoms with van der Waals surface area (Å²) in [5.74, 6) is 0.370. The molecule has 0 unspecified atom stereocenters. The van der Waals surface area contributed by atoms with Crippen molar-refractivity contribution in [1.82, 2.24) is 10.2 Å². The molecule has 4 rings (SSSR count). The number of fused-ring (bicyclic) bond motifs is 1. The number of aryl methyl sites for hydroxylation is 1. The molecule has 2 aliphatic heterocycles. The maximum atomic E-state index is 9.64. The minimum absolute atomic E-state index is 0.137. The van der Waals surface area contributed by atoms with E-state index in [1.54, 1.807) is 0 Å². The van der Waals surface area contributed by atoms with E-state index in [2.05, 4.69) is 52.4 Å².